The second kappa shape index (κ2) is 3.49. The SMILES string of the molecule is C[C@H]1CN[C@H](CO)[C@@H](O)[C@@H]1O. The van der Waals surface area contributed by atoms with Gasteiger partial charge in [-0.05, 0) is 5.92 Å². The van der Waals surface area contributed by atoms with E-state index >= 15 is 0 Å². The Morgan fingerprint density at radius 3 is 2.55 bits per heavy atom. The van der Waals surface area contributed by atoms with Crippen LogP contribution in [-0.2, 0) is 0 Å². The molecule has 1 heterocycles. The Labute approximate surface area is 65.9 Å². The lowest BCUT2D eigenvalue weighted by atomic mass is 9.91. The van der Waals surface area contributed by atoms with Crippen molar-refractivity contribution in [1.29, 1.82) is 0 Å². The number of aliphatic hydroxyl groups is 3. The summed E-state index contributed by atoms with van der Waals surface area (Å²) in [5.41, 5.74) is 0. The maximum Gasteiger partial charge on any atom is 0.0977 e. The Kier molecular flexibility index (Phi) is 2.84. The number of aliphatic hydroxyl groups excluding tert-OH is 3. The molecule has 0 aromatic heterocycles. The van der Waals surface area contributed by atoms with Crippen LogP contribution in [0.1, 0.15) is 6.92 Å². The van der Waals surface area contributed by atoms with Gasteiger partial charge in [0.15, 0.2) is 0 Å². The number of hydrogen-bond acceptors (Lipinski definition) is 4. The van der Waals surface area contributed by atoms with Gasteiger partial charge in [0, 0.05) is 6.54 Å². The van der Waals surface area contributed by atoms with Gasteiger partial charge in [-0.3, -0.25) is 0 Å². The molecule has 1 aliphatic heterocycles. The molecular formula is C7H15NO3. The maximum absolute atomic E-state index is 9.35. The molecule has 1 aliphatic rings. The van der Waals surface area contributed by atoms with Crippen molar-refractivity contribution >= 4 is 0 Å². The summed E-state index contributed by atoms with van der Waals surface area (Å²) in [4.78, 5) is 0. The molecule has 0 amide bonds. The van der Waals surface area contributed by atoms with Crippen LogP contribution < -0.4 is 5.32 Å². The Hall–Kier alpha value is -0.160. The van der Waals surface area contributed by atoms with Crippen molar-refractivity contribution in [1.82, 2.24) is 5.32 Å². The standard InChI is InChI=1S/C7H15NO3/c1-4-2-8-5(3-9)7(11)6(4)10/h4-11H,2-3H2,1H3/t4-,5+,6+,7+/m0/s1. The molecule has 1 fully saturated rings. The van der Waals surface area contributed by atoms with Gasteiger partial charge in [0.2, 0.25) is 0 Å². The molecule has 1 rings (SSSR count). The minimum absolute atomic E-state index is 0.0489. The minimum atomic E-state index is -0.844. The molecule has 4 nitrogen and oxygen atoms in total. The molecule has 0 radical (unpaired) electrons. The van der Waals surface area contributed by atoms with Gasteiger partial charge in [-0.25, -0.2) is 0 Å². The number of nitrogens with one attached hydrogen (secondary N) is 1. The highest BCUT2D eigenvalue weighted by molar-refractivity contribution is 4.89. The molecule has 4 N–H and O–H groups in total. The fourth-order valence-corrected chi connectivity index (χ4v) is 1.33. The van der Waals surface area contributed by atoms with Gasteiger partial charge < -0.3 is 20.6 Å². The first-order chi connectivity index (χ1) is 5.16. The van der Waals surface area contributed by atoms with Crippen LogP contribution >= 0.6 is 0 Å². The molecule has 0 bridgehead atoms. The average Bonchev–Trinajstić information content (AvgIpc) is 2.01. The Morgan fingerprint density at radius 2 is 2.00 bits per heavy atom. The number of hydrogen-bond donors (Lipinski definition) is 4. The predicted molar refractivity (Wildman–Crippen MR) is 40.1 cm³/mol. The minimum Gasteiger partial charge on any atom is -0.395 e. The second-order valence-electron chi connectivity index (χ2n) is 3.16. The normalized spacial score (nSPS) is 45.8. The lowest BCUT2D eigenvalue weighted by molar-refractivity contribution is -0.0639. The van der Waals surface area contributed by atoms with E-state index in [4.69, 9.17) is 5.11 Å². The lowest BCUT2D eigenvalue weighted by Gasteiger charge is -2.35. The zero-order chi connectivity index (χ0) is 8.43. The molecule has 0 aromatic carbocycles. The van der Waals surface area contributed by atoms with Crippen molar-refractivity contribution in [2.75, 3.05) is 13.2 Å². The van der Waals surface area contributed by atoms with Gasteiger partial charge in [-0.15, -0.1) is 0 Å². The quantitative estimate of drug-likeness (QED) is 0.370. The van der Waals surface area contributed by atoms with Gasteiger partial charge in [-0.2, -0.15) is 0 Å². The molecule has 11 heavy (non-hydrogen) atoms. The summed E-state index contributed by atoms with van der Waals surface area (Å²) in [7, 11) is 0. The van der Waals surface area contributed by atoms with Crippen LogP contribution in [-0.4, -0.2) is 46.7 Å². The second-order valence-corrected chi connectivity index (χ2v) is 3.16. The van der Waals surface area contributed by atoms with Gasteiger partial charge in [0.05, 0.1) is 24.9 Å². The van der Waals surface area contributed by atoms with Crippen LogP contribution in [0.2, 0.25) is 0 Å². The lowest BCUT2D eigenvalue weighted by Crippen LogP contribution is -2.57. The highest BCUT2D eigenvalue weighted by Crippen LogP contribution is 2.14. The molecule has 4 atom stereocenters. The molecule has 0 spiro atoms. The smallest absolute Gasteiger partial charge is 0.0977 e. The first-order valence-corrected chi connectivity index (χ1v) is 3.87. The Morgan fingerprint density at radius 1 is 1.36 bits per heavy atom. The summed E-state index contributed by atoms with van der Waals surface area (Å²) in [6.07, 6.45) is -1.56. The van der Waals surface area contributed by atoms with Crippen molar-refractivity contribution in [3.8, 4) is 0 Å². The van der Waals surface area contributed by atoms with Crippen molar-refractivity contribution in [3.05, 3.63) is 0 Å². The summed E-state index contributed by atoms with van der Waals surface area (Å²) in [5.74, 6) is 0.0489. The van der Waals surface area contributed by atoms with E-state index in [2.05, 4.69) is 5.32 Å². The average molecular weight is 161 g/mol. The molecule has 4 heteroatoms. The van der Waals surface area contributed by atoms with E-state index in [0.29, 0.717) is 6.54 Å². The molecule has 1 saturated heterocycles. The molecule has 66 valence electrons. The molecule has 0 saturated carbocycles. The molecular weight excluding hydrogens is 146 g/mol. The first-order valence-electron chi connectivity index (χ1n) is 3.87. The van der Waals surface area contributed by atoms with E-state index in [9.17, 15) is 10.2 Å². The van der Waals surface area contributed by atoms with E-state index in [0.717, 1.165) is 0 Å². The van der Waals surface area contributed by atoms with Crippen LogP contribution in [0.3, 0.4) is 0 Å². The summed E-state index contributed by atoms with van der Waals surface area (Å²) in [6.45, 7) is 2.36. The third-order valence-electron chi connectivity index (χ3n) is 2.24. The van der Waals surface area contributed by atoms with Gasteiger partial charge >= 0.3 is 0 Å². The monoisotopic (exact) mass is 161 g/mol. The van der Waals surface area contributed by atoms with E-state index in [1.54, 1.807) is 0 Å². The topological polar surface area (TPSA) is 72.7 Å². The van der Waals surface area contributed by atoms with Crippen LogP contribution in [0.15, 0.2) is 0 Å². The molecule has 0 unspecified atom stereocenters. The van der Waals surface area contributed by atoms with Crippen LogP contribution in [0, 0.1) is 5.92 Å². The van der Waals surface area contributed by atoms with E-state index in [1.807, 2.05) is 6.92 Å². The molecule has 0 aromatic rings. The number of rotatable bonds is 1. The van der Waals surface area contributed by atoms with Gasteiger partial charge in [0.1, 0.15) is 0 Å². The fraction of sp³-hybridized carbons (Fsp3) is 1.00. The van der Waals surface area contributed by atoms with E-state index in [-0.39, 0.29) is 18.6 Å². The van der Waals surface area contributed by atoms with Crippen LogP contribution in [0.25, 0.3) is 0 Å². The first kappa shape index (κ1) is 8.93. The van der Waals surface area contributed by atoms with Crippen molar-refractivity contribution in [2.45, 2.75) is 25.2 Å². The highest BCUT2D eigenvalue weighted by atomic mass is 16.3. The molecule has 0 aliphatic carbocycles. The number of piperidine rings is 1. The van der Waals surface area contributed by atoms with E-state index < -0.39 is 12.2 Å². The third kappa shape index (κ3) is 1.70. The maximum atomic E-state index is 9.35. The van der Waals surface area contributed by atoms with Crippen molar-refractivity contribution in [2.24, 2.45) is 5.92 Å². The summed E-state index contributed by atoms with van der Waals surface area (Å²) >= 11 is 0. The van der Waals surface area contributed by atoms with Crippen LogP contribution in [0.5, 0.6) is 0 Å². The Bertz CT molecular complexity index is 129. The van der Waals surface area contributed by atoms with Crippen LogP contribution in [0.4, 0.5) is 0 Å². The summed E-state index contributed by atoms with van der Waals surface area (Å²) in [5, 5.41) is 30.4. The zero-order valence-corrected chi connectivity index (χ0v) is 6.57. The highest BCUT2D eigenvalue weighted by Gasteiger charge is 2.34. The zero-order valence-electron chi connectivity index (χ0n) is 6.57. The van der Waals surface area contributed by atoms with Crippen molar-refractivity contribution in [3.63, 3.8) is 0 Å². The fourth-order valence-electron chi connectivity index (χ4n) is 1.33. The van der Waals surface area contributed by atoms with E-state index in [1.165, 1.54) is 0 Å². The largest absolute Gasteiger partial charge is 0.395 e. The summed E-state index contributed by atoms with van der Waals surface area (Å²) < 4.78 is 0. The summed E-state index contributed by atoms with van der Waals surface area (Å²) in [6, 6.07) is -0.374. The predicted octanol–water partition coefficient (Wildman–Crippen LogP) is -1.69. The van der Waals surface area contributed by atoms with Gasteiger partial charge in [-0.1, -0.05) is 6.92 Å². The van der Waals surface area contributed by atoms with Gasteiger partial charge in [0.25, 0.3) is 0 Å². The third-order valence-corrected chi connectivity index (χ3v) is 2.24. The Balaban J connectivity index is 2.52. The van der Waals surface area contributed by atoms with Crippen molar-refractivity contribution < 1.29 is 15.3 Å².